The van der Waals surface area contributed by atoms with Gasteiger partial charge in [0.2, 0.25) is 0 Å². The van der Waals surface area contributed by atoms with Gasteiger partial charge in [0, 0.05) is 49.2 Å². The van der Waals surface area contributed by atoms with Gasteiger partial charge >= 0.3 is 0 Å². The highest BCUT2D eigenvalue weighted by Gasteiger charge is 2.18. The van der Waals surface area contributed by atoms with E-state index in [-0.39, 0.29) is 0 Å². The fraction of sp³-hybridized carbons (Fsp3) is 0.423. The van der Waals surface area contributed by atoms with Crippen molar-refractivity contribution in [3.8, 4) is 11.1 Å². The predicted molar refractivity (Wildman–Crippen MR) is 137 cm³/mol. The summed E-state index contributed by atoms with van der Waals surface area (Å²) in [6.45, 7) is 11.1. The van der Waals surface area contributed by atoms with Crippen molar-refractivity contribution in [2.75, 3.05) is 31.6 Å². The first-order valence-corrected chi connectivity index (χ1v) is 12.3. The van der Waals surface area contributed by atoms with Crippen LogP contribution in [0.1, 0.15) is 38.7 Å². The summed E-state index contributed by atoms with van der Waals surface area (Å²) in [5.74, 6) is 1.77. The second kappa shape index (κ2) is 10.5. The van der Waals surface area contributed by atoms with E-state index in [9.17, 15) is 0 Å². The monoisotopic (exact) mass is 472 g/mol. The highest BCUT2D eigenvalue weighted by molar-refractivity contribution is 5.81. The van der Waals surface area contributed by atoms with Gasteiger partial charge in [0.15, 0.2) is 5.82 Å². The molecule has 0 aromatic carbocycles. The van der Waals surface area contributed by atoms with Crippen LogP contribution >= 0.6 is 0 Å². The molecule has 1 atom stereocenters. The summed E-state index contributed by atoms with van der Waals surface area (Å²) in [5, 5.41) is 16.1. The van der Waals surface area contributed by atoms with Gasteiger partial charge in [0.1, 0.15) is 5.82 Å². The number of morpholine rings is 1. The Bertz CT molecular complexity index is 1290. The van der Waals surface area contributed by atoms with Crippen molar-refractivity contribution in [2.45, 2.75) is 45.7 Å². The Balaban J connectivity index is 1.27. The Kier molecular flexibility index (Phi) is 6.96. The van der Waals surface area contributed by atoms with Gasteiger partial charge < -0.3 is 10.1 Å². The quantitative estimate of drug-likeness (QED) is 0.407. The van der Waals surface area contributed by atoms with E-state index in [4.69, 9.17) is 9.72 Å². The summed E-state index contributed by atoms with van der Waals surface area (Å²) < 4.78 is 7.54. The molecular weight excluding hydrogens is 440 g/mol. The van der Waals surface area contributed by atoms with Gasteiger partial charge in [-0.15, -0.1) is 5.10 Å². The van der Waals surface area contributed by atoms with Crippen molar-refractivity contribution in [3.63, 3.8) is 0 Å². The number of nitrogens with zero attached hydrogens (tertiary/aromatic N) is 7. The van der Waals surface area contributed by atoms with Crippen LogP contribution in [0.4, 0.5) is 11.6 Å². The summed E-state index contributed by atoms with van der Waals surface area (Å²) in [6.07, 6.45) is 8.71. The largest absolute Gasteiger partial charge is 0.379 e. The van der Waals surface area contributed by atoms with E-state index in [2.05, 4.69) is 63.5 Å². The molecular formula is C26H32N8O. The number of fused-ring (bicyclic) bond motifs is 1. The van der Waals surface area contributed by atoms with Gasteiger partial charge in [-0.05, 0) is 49.1 Å². The third kappa shape index (κ3) is 5.63. The summed E-state index contributed by atoms with van der Waals surface area (Å²) >= 11 is 0. The summed E-state index contributed by atoms with van der Waals surface area (Å²) in [4.78, 5) is 11.9. The number of aryl methyl sites for hydroxylation is 1. The second-order valence-corrected chi connectivity index (χ2v) is 9.42. The third-order valence-electron chi connectivity index (χ3n) is 6.44. The van der Waals surface area contributed by atoms with E-state index in [1.54, 1.807) is 6.20 Å². The molecule has 0 bridgehead atoms. The third-order valence-corrected chi connectivity index (χ3v) is 6.44. The van der Waals surface area contributed by atoms with Crippen LogP contribution in [0.5, 0.6) is 0 Å². The molecule has 5 heterocycles. The molecule has 0 spiro atoms. The molecule has 0 amide bonds. The normalized spacial score (nSPS) is 16.7. The topological polar surface area (TPSA) is 93.9 Å². The first-order valence-electron chi connectivity index (χ1n) is 12.3. The highest BCUT2D eigenvalue weighted by atomic mass is 16.5. The lowest BCUT2D eigenvalue weighted by Crippen LogP contribution is -2.44. The minimum atomic E-state index is 0.381. The van der Waals surface area contributed by atoms with Crippen molar-refractivity contribution in [1.82, 2.24) is 34.8 Å². The average molecular weight is 473 g/mol. The Morgan fingerprint density at radius 3 is 2.83 bits per heavy atom. The minimum Gasteiger partial charge on any atom is -0.379 e. The van der Waals surface area contributed by atoms with Gasteiger partial charge in [0.25, 0.3) is 0 Å². The first kappa shape index (κ1) is 23.3. The Hall–Kier alpha value is -3.43. The zero-order valence-corrected chi connectivity index (χ0v) is 20.6. The lowest BCUT2D eigenvalue weighted by atomic mass is 10.1. The standard InChI is InChI=1S/C26H32N8O/c1-18(2)20-12-26(32-28-14-20)31-25-6-5-23-24(30-25)11-21(13-27-23)22-15-29-34(16-22)8-4-7-33-9-10-35-17-19(33)3/h5-6,11-16,18-19H,4,7-10,17H2,1-3H3,(H,30,31,32). The van der Waals surface area contributed by atoms with E-state index >= 15 is 0 Å². The number of ether oxygens (including phenoxy) is 1. The molecule has 5 rings (SSSR count). The fourth-order valence-electron chi connectivity index (χ4n) is 4.29. The van der Waals surface area contributed by atoms with Gasteiger partial charge in [-0.2, -0.15) is 10.2 Å². The van der Waals surface area contributed by atoms with Crippen LogP contribution in [0.3, 0.4) is 0 Å². The molecule has 35 heavy (non-hydrogen) atoms. The Morgan fingerprint density at radius 1 is 1.06 bits per heavy atom. The van der Waals surface area contributed by atoms with Gasteiger partial charge in [-0.1, -0.05) is 13.8 Å². The zero-order valence-electron chi connectivity index (χ0n) is 20.6. The highest BCUT2D eigenvalue weighted by Crippen LogP contribution is 2.24. The molecule has 1 saturated heterocycles. The van der Waals surface area contributed by atoms with Crippen LogP contribution in [0.15, 0.2) is 49.1 Å². The lowest BCUT2D eigenvalue weighted by Gasteiger charge is -2.33. The van der Waals surface area contributed by atoms with Crippen LogP contribution < -0.4 is 5.32 Å². The zero-order chi connectivity index (χ0) is 24.2. The van der Waals surface area contributed by atoms with Crippen molar-refractivity contribution in [1.29, 1.82) is 0 Å². The summed E-state index contributed by atoms with van der Waals surface area (Å²) in [7, 11) is 0. The van der Waals surface area contributed by atoms with Crippen molar-refractivity contribution < 1.29 is 4.74 Å². The van der Waals surface area contributed by atoms with Gasteiger partial charge in [-0.3, -0.25) is 14.6 Å². The molecule has 1 aliphatic rings. The SMILES string of the molecule is CC(C)c1cnnc(Nc2ccc3ncc(-c4cnn(CCCN5CCOCC5C)c4)cc3n2)c1. The molecule has 1 aliphatic heterocycles. The molecule has 1 fully saturated rings. The maximum Gasteiger partial charge on any atom is 0.154 e. The Morgan fingerprint density at radius 2 is 1.97 bits per heavy atom. The second-order valence-electron chi connectivity index (χ2n) is 9.42. The van der Waals surface area contributed by atoms with Crippen LogP contribution in [-0.4, -0.2) is 67.2 Å². The number of hydrogen-bond donors (Lipinski definition) is 1. The number of rotatable bonds is 8. The van der Waals surface area contributed by atoms with E-state index in [0.717, 1.165) is 67.0 Å². The fourth-order valence-corrected chi connectivity index (χ4v) is 4.29. The maximum absolute atomic E-state index is 5.53. The van der Waals surface area contributed by atoms with Gasteiger partial charge in [-0.25, -0.2) is 4.98 Å². The average Bonchev–Trinajstić information content (AvgIpc) is 3.34. The van der Waals surface area contributed by atoms with E-state index in [0.29, 0.717) is 23.6 Å². The minimum absolute atomic E-state index is 0.381. The van der Waals surface area contributed by atoms with Crippen molar-refractivity contribution >= 4 is 22.7 Å². The Labute approximate surface area is 205 Å². The molecule has 0 aliphatic carbocycles. The molecule has 1 N–H and O–H groups in total. The first-order chi connectivity index (χ1) is 17.0. The molecule has 0 saturated carbocycles. The van der Waals surface area contributed by atoms with Crippen LogP contribution in [0.2, 0.25) is 0 Å². The number of aromatic nitrogens is 6. The molecule has 0 radical (unpaired) electrons. The van der Waals surface area contributed by atoms with Crippen molar-refractivity contribution in [3.05, 3.63) is 54.6 Å². The smallest absolute Gasteiger partial charge is 0.154 e. The van der Waals surface area contributed by atoms with Crippen LogP contribution in [-0.2, 0) is 11.3 Å². The molecule has 1 unspecified atom stereocenters. The van der Waals surface area contributed by atoms with Crippen LogP contribution in [0.25, 0.3) is 22.2 Å². The van der Waals surface area contributed by atoms with Crippen LogP contribution in [0, 0.1) is 0 Å². The molecule has 9 heteroatoms. The molecule has 4 aromatic rings. The van der Waals surface area contributed by atoms with E-state index in [1.165, 1.54) is 0 Å². The lowest BCUT2D eigenvalue weighted by molar-refractivity contribution is -0.00119. The number of hydrogen-bond acceptors (Lipinski definition) is 8. The number of nitrogens with one attached hydrogen (secondary N) is 1. The molecule has 9 nitrogen and oxygen atoms in total. The van der Waals surface area contributed by atoms with Crippen molar-refractivity contribution in [2.24, 2.45) is 0 Å². The van der Waals surface area contributed by atoms with E-state index < -0.39 is 0 Å². The van der Waals surface area contributed by atoms with E-state index in [1.807, 2.05) is 35.3 Å². The number of pyridine rings is 2. The molecule has 182 valence electrons. The summed E-state index contributed by atoms with van der Waals surface area (Å²) in [5.41, 5.74) is 4.82. The maximum atomic E-state index is 5.53. The predicted octanol–water partition coefficient (Wildman–Crippen LogP) is 4.26. The number of anilines is 2. The summed E-state index contributed by atoms with van der Waals surface area (Å²) in [6, 6.07) is 8.42. The molecule has 4 aromatic heterocycles. The van der Waals surface area contributed by atoms with Gasteiger partial charge in [0.05, 0.1) is 36.6 Å².